The third-order valence-electron chi connectivity index (χ3n) is 4.69. The van der Waals surface area contributed by atoms with Crippen LogP contribution in [0.25, 0.3) is 10.9 Å². The van der Waals surface area contributed by atoms with Crippen LogP contribution in [-0.2, 0) is 11.2 Å². The number of aromatic nitrogens is 1. The topological polar surface area (TPSA) is 99.7 Å². The van der Waals surface area contributed by atoms with E-state index in [1.807, 2.05) is 0 Å². The number of ether oxygens (including phenoxy) is 1. The first-order chi connectivity index (χ1) is 13.9. The van der Waals surface area contributed by atoms with Crippen molar-refractivity contribution in [2.75, 3.05) is 27.8 Å². The van der Waals surface area contributed by atoms with Crippen molar-refractivity contribution in [3.63, 3.8) is 0 Å². The van der Waals surface area contributed by atoms with Gasteiger partial charge in [-0.05, 0) is 24.1 Å². The molecule has 2 N–H and O–H groups in total. The molecule has 150 valence electrons. The number of nitrogens with one attached hydrogen (secondary N) is 1. The Labute approximate surface area is 167 Å². The summed E-state index contributed by atoms with van der Waals surface area (Å²) in [6, 6.07) is 11.7. The average molecular weight is 394 g/mol. The largest absolute Gasteiger partial charge is 0.465 e. The van der Waals surface area contributed by atoms with Crippen molar-refractivity contribution in [2.24, 2.45) is 0 Å². The SMILES string of the molecule is COC(=O)c1cccc2[nH]c(C(=O)N(C)C)c(C(=O)c3ccc(CCO)cc3)c12. The Morgan fingerprint density at radius 2 is 1.76 bits per heavy atom. The van der Waals surface area contributed by atoms with Crippen molar-refractivity contribution in [1.82, 2.24) is 9.88 Å². The Bertz CT molecular complexity index is 1080. The molecule has 0 fully saturated rings. The number of aromatic amines is 1. The minimum absolute atomic E-state index is 0.0136. The first kappa shape index (κ1) is 20.3. The summed E-state index contributed by atoms with van der Waals surface area (Å²) >= 11 is 0. The number of nitrogens with zero attached hydrogens (tertiary/aromatic N) is 1. The van der Waals surface area contributed by atoms with Gasteiger partial charge in [-0.25, -0.2) is 4.79 Å². The van der Waals surface area contributed by atoms with Gasteiger partial charge in [-0.1, -0.05) is 30.3 Å². The molecule has 0 aliphatic carbocycles. The Morgan fingerprint density at radius 1 is 1.07 bits per heavy atom. The molecule has 0 saturated carbocycles. The van der Waals surface area contributed by atoms with Crippen molar-refractivity contribution >= 4 is 28.6 Å². The lowest BCUT2D eigenvalue weighted by Crippen LogP contribution is -2.24. The van der Waals surface area contributed by atoms with E-state index in [1.54, 1.807) is 56.6 Å². The number of carbonyl (C=O) groups excluding carboxylic acids is 3. The summed E-state index contributed by atoms with van der Waals surface area (Å²) in [7, 11) is 4.45. The molecule has 0 unspecified atom stereocenters. The Morgan fingerprint density at radius 3 is 2.34 bits per heavy atom. The zero-order valence-electron chi connectivity index (χ0n) is 16.5. The quantitative estimate of drug-likeness (QED) is 0.494. The highest BCUT2D eigenvalue weighted by Crippen LogP contribution is 2.29. The van der Waals surface area contributed by atoms with Crippen LogP contribution in [0.5, 0.6) is 0 Å². The fraction of sp³-hybridized carbons (Fsp3) is 0.227. The monoisotopic (exact) mass is 394 g/mol. The molecule has 7 nitrogen and oxygen atoms in total. The number of esters is 1. The number of benzene rings is 2. The second kappa shape index (κ2) is 8.28. The van der Waals surface area contributed by atoms with Crippen LogP contribution >= 0.6 is 0 Å². The number of methoxy groups -OCH3 is 1. The number of carbonyl (C=O) groups is 3. The maximum atomic E-state index is 13.4. The molecule has 1 amide bonds. The van der Waals surface area contributed by atoms with Gasteiger partial charge in [0.05, 0.1) is 18.2 Å². The Balaban J connectivity index is 2.25. The molecular formula is C22H22N2O5. The van der Waals surface area contributed by atoms with E-state index in [2.05, 4.69) is 4.98 Å². The Hall–Kier alpha value is -3.45. The normalized spacial score (nSPS) is 10.8. The van der Waals surface area contributed by atoms with Gasteiger partial charge in [0, 0.05) is 37.2 Å². The van der Waals surface area contributed by atoms with Gasteiger partial charge in [-0.3, -0.25) is 9.59 Å². The summed E-state index contributed by atoms with van der Waals surface area (Å²) in [4.78, 5) is 42.8. The molecule has 0 saturated heterocycles. The van der Waals surface area contributed by atoms with Crippen LogP contribution in [0.1, 0.15) is 42.3 Å². The van der Waals surface area contributed by atoms with Gasteiger partial charge in [0.2, 0.25) is 0 Å². The molecule has 0 radical (unpaired) electrons. The highest BCUT2D eigenvalue weighted by molar-refractivity contribution is 6.24. The van der Waals surface area contributed by atoms with Crippen LogP contribution in [0, 0.1) is 0 Å². The van der Waals surface area contributed by atoms with Crippen molar-refractivity contribution in [3.05, 3.63) is 70.4 Å². The highest BCUT2D eigenvalue weighted by Gasteiger charge is 2.28. The predicted octanol–water partition coefficient (Wildman–Crippen LogP) is 2.42. The number of hydrogen-bond donors (Lipinski definition) is 2. The van der Waals surface area contributed by atoms with Gasteiger partial charge in [-0.2, -0.15) is 0 Å². The summed E-state index contributed by atoms with van der Waals surface area (Å²) in [6.07, 6.45) is 0.485. The molecule has 29 heavy (non-hydrogen) atoms. The number of amides is 1. The van der Waals surface area contributed by atoms with E-state index >= 15 is 0 Å². The minimum atomic E-state index is -0.592. The van der Waals surface area contributed by atoms with Crippen molar-refractivity contribution in [3.8, 4) is 0 Å². The van der Waals surface area contributed by atoms with Crippen LogP contribution in [0.3, 0.4) is 0 Å². The molecule has 1 aromatic heterocycles. The number of ketones is 1. The molecule has 0 aliphatic heterocycles. The van der Waals surface area contributed by atoms with E-state index in [-0.39, 0.29) is 35.1 Å². The Kier molecular flexibility index (Phi) is 5.79. The summed E-state index contributed by atoms with van der Waals surface area (Å²) in [6.45, 7) is 0.0136. The van der Waals surface area contributed by atoms with E-state index in [0.717, 1.165) is 5.56 Å². The van der Waals surface area contributed by atoms with Gasteiger partial charge >= 0.3 is 5.97 Å². The second-order valence-corrected chi connectivity index (χ2v) is 6.79. The maximum Gasteiger partial charge on any atom is 0.338 e. The number of fused-ring (bicyclic) bond motifs is 1. The number of aliphatic hydroxyl groups is 1. The zero-order chi connectivity index (χ0) is 21.1. The van der Waals surface area contributed by atoms with Crippen LogP contribution < -0.4 is 0 Å². The molecule has 7 heteroatoms. The molecule has 3 aromatic rings. The van der Waals surface area contributed by atoms with Crippen LogP contribution in [0.4, 0.5) is 0 Å². The zero-order valence-corrected chi connectivity index (χ0v) is 16.5. The van der Waals surface area contributed by atoms with Crippen LogP contribution in [-0.4, -0.2) is 60.5 Å². The van der Waals surface area contributed by atoms with Crippen molar-refractivity contribution in [2.45, 2.75) is 6.42 Å². The van der Waals surface area contributed by atoms with Crippen molar-refractivity contribution in [1.29, 1.82) is 0 Å². The van der Waals surface area contributed by atoms with E-state index < -0.39 is 5.97 Å². The summed E-state index contributed by atoms with van der Waals surface area (Å²) < 4.78 is 4.86. The molecule has 2 aromatic carbocycles. The van der Waals surface area contributed by atoms with Crippen LogP contribution in [0.2, 0.25) is 0 Å². The fourth-order valence-electron chi connectivity index (χ4n) is 3.24. The first-order valence-electron chi connectivity index (χ1n) is 9.08. The van der Waals surface area contributed by atoms with E-state index in [9.17, 15) is 14.4 Å². The molecule has 0 spiro atoms. The van der Waals surface area contributed by atoms with Gasteiger partial charge in [-0.15, -0.1) is 0 Å². The lowest BCUT2D eigenvalue weighted by molar-refractivity contribution is 0.0602. The number of rotatable bonds is 6. The molecule has 1 heterocycles. The average Bonchev–Trinajstić information content (AvgIpc) is 3.12. The molecule has 0 bridgehead atoms. The first-order valence-corrected chi connectivity index (χ1v) is 9.08. The van der Waals surface area contributed by atoms with Gasteiger partial charge in [0.1, 0.15) is 5.69 Å². The van der Waals surface area contributed by atoms with Gasteiger partial charge in [0.15, 0.2) is 5.78 Å². The van der Waals surface area contributed by atoms with Crippen LogP contribution in [0.15, 0.2) is 42.5 Å². The van der Waals surface area contributed by atoms with E-state index in [0.29, 0.717) is 22.9 Å². The fourth-order valence-corrected chi connectivity index (χ4v) is 3.24. The van der Waals surface area contributed by atoms with E-state index in [4.69, 9.17) is 9.84 Å². The number of aliphatic hydroxyl groups excluding tert-OH is 1. The molecule has 3 rings (SSSR count). The number of H-pyrrole nitrogens is 1. The van der Waals surface area contributed by atoms with E-state index in [1.165, 1.54) is 12.0 Å². The standard InChI is InChI=1S/C22H22N2O5/c1-24(2)21(27)19-18(20(26)14-9-7-13(8-10-14)11-12-25)17-15(22(28)29-3)5-4-6-16(17)23-19/h4-10,23,25H,11-12H2,1-3H3. The summed E-state index contributed by atoms with van der Waals surface area (Å²) in [5, 5.41) is 9.42. The highest BCUT2D eigenvalue weighted by atomic mass is 16.5. The smallest absolute Gasteiger partial charge is 0.338 e. The predicted molar refractivity (Wildman–Crippen MR) is 108 cm³/mol. The van der Waals surface area contributed by atoms with Gasteiger partial charge < -0.3 is 19.7 Å². The lowest BCUT2D eigenvalue weighted by Gasteiger charge is -2.11. The third-order valence-corrected chi connectivity index (χ3v) is 4.69. The molecule has 0 atom stereocenters. The summed E-state index contributed by atoms with van der Waals surface area (Å²) in [5.74, 6) is -1.35. The lowest BCUT2D eigenvalue weighted by atomic mass is 9.96. The second-order valence-electron chi connectivity index (χ2n) is 6.79. The molecule has 0 aliphatic rings. The maximum absolute atomic E-state index is 13.4. The molecular weight excluding hydrogens is 372 g/mol. The van der Waals surface area contributed by atoms with Gasteiger partial charge in [0.25, 0.3) is 5.91 Å². The summed E-state index contributed by atoms with van der Waals surface area (Å²) in [5.41, 5.74) is 2.22. The minimum Gasteiger partial charge on any atom is -0.465 e. The van der Waals surface area contributed by atoms with Crippen molar-refractivity contribution < 1.29 is 24.2 Å². The number of hydrogen-bond acceptors (Lipinski definition) is 5. The third kappa shape index (κ3) is 3.77.